The van der Waals surface area contributed by atoms with Crippen molar-refractivity contribution in [3.05, 3.63) is 231 Å². The van der Waals surface area contributed by atoms with E-state index < -0.39 is 0 Å². The minimum Gasteiger partial charge on any atom is -0.307 e. The molecular formula is C58H38N4. The van der Waals surface area contributed by atoms with Crippen molar-refractivity contribution in [2.75, 3.05) is 0 Å². The smallest absolute Gasteiger partial charge is 0.162 e. The highest BCUT2D eigenvalue weighted by molar-refractivity contribution is 6.23. The van der Waals surface area contributed by atoms with Gasteiger partial charge in [-0.2, -0.15) is 0 Å². The molecule has 12 rings (SSSR count). The fourth-order valence-corrected chi connectivity index (χ4v) is 9.20. The largest absolute Gasteiger partial charge is 0.307 e. The van der Waals surface area contributed by atoms with Gasteiger partial charge in [-0.05, 0) is 63.7 Å². The highest BCUT2D eigenvalue weighted by Crippen LogP contribution is 2.42. The molecule has 0 bridgehead atoms. The van der Waals surface area contributed by atoms with Crippen molar-refractivity contribution in [3.63, 3.8) is 0 Å². The lowest BCUT2D eigenvalue weighted by atomic mass is 9.99. The Morgan fingerprint density at radius 2 is 0.710 bits per heavy atom. The monoisotopic (exact) mass is 790 g/mol. The maximum Gasteiger partial charge on any atom is 0.162 e. The number of hydrogen-bond donors (Lipinski definition) is 0. The average Bonchev–Trinajstić information content (AvgIpc) is 3.88. The minimum atomic E-state index is 0.673. The van der Waals surface area contributed by atoms with Crippen molar-refractivity contribution in [1.82, 2.24) is 19.1 Å². The summed E-state index contributed by atoms with van der Waals surface area (Å²) in [5.74, 6) is 1.48. The average molecular weight is 791 g/mol. The summed E-state index contributed by atoms with van der Waals surface area (Å²) in [6.07, 6.45) is 0. The molecule has 3 heterocycles. The van der Waals surface area contributed by atoms with Gasteiger partial charge >= 0.3 is 0 Å². The molecule has 0 radical (unpaired) electrons. The van der Waals surface area contributed by atoms with Crippen molar-refractivity contribution in [2.45, 2.75) is 0 Å². The number of hydrogen-bond acceptors (Lipinski definition) is 2. The zero-order chi connectivity index (χ0) is 41.0. The summed E-state index contributed by atoms with van der Waals surface area (Å²) in [6, 6.07) is 82.1. The van der Waals surface area contributed by atoms with Crippen molar-refractivity contribution in [1.29, 1.82) is 0 Å². The Balaban J connectivity index is 1.09. The van der Waals surface area contributed by atoms with Gasteiger partial charge in [-0.3, -0.25) is 4.57 Å². The van der Waals surface area contributed by atoms with Crippen LogP contribution in [0.5, 0.6) is 0 Å². The van der Waals surface area contributed by atoms with Crippen LogP contribution in [-0.4, -0.2) is 19.1 Å². The van der Waals surface area contributed by atoms with Gasteiger partial charge in [0.15, 0.2) is 5.82 Å². The number of nitrogens with zero attached hydrogens (tertiary/aromatic N) is 4. The maximum atomic E-state index is 5.45. The Bertz CT molecular complexity index is 3590. The van der Waals surface area contributed by atoms with Crippen LogP contribution in [0.2, 0.25) is 0 Å². The highest BCUT2D eigenvalue weighted by atomic mass is 15.1. The second-order valence-corrected chi connectivity index (χ2v) is 15.8. The van der Waals surface area contributed by atoms with Crippen LogP contribution in [0, 0.1) is 0 Å². The van der Waals surface area contributed by atoms with Crippen LogP contribution >= 0.6 is 0 Å². The summed E-state index contributed by atoms with van der Waals surface area (Å²) in [4.78, 5) is 10.7. The Morgan fingerprint density at radius 3 is 1.32 bits per heavy atom. The van der Waals surface area contributed by atoms with E-state index in [4.69, 9.17) is 9.97 Å². The Morgan fingerprint density at radius 1 is 0.274 bits per heavy atom. The fraction of sp³-hybridized carbons (Fsp3) is 0. The molecule has 0 aliphatic heterocycles. The molecule has 0 fully saturated rings. The number of aromatic nitrogens is 4. The first-order valence-electron chi connectivity index (χ1n) is 21.1. The summed E-state index contributed by atoms with van der Waals surface area (Å²) in [5.41, 5.74) is 15.5. The molecule has 0 saturated heterocycles. The molecule has 0 unspecified atom stereocenters. The summed E-state index contributed by atoms with van der Waals surface area (Å²) < 4.78 is 4.80. The number of benzene rings is 9. The Kier molecular flexibility index (Phi) is 8.46. The predicted octanol–water partition coefficient (Wildman–Crippen LogP) is 15.0. The van der Waals surface area contributed by atoms with Gasteiger partial charge in [0.1, 0.15) is 5.82 Å². The van der Waals surface area contributed by atoms with Gasteiger partial charge in [-0.25, -0.2) is 9.97 Å². The molecule has 4 heteroatoms. The number of rotatable bonds is 7. The van der Waals surface area contributed by atoms with Crippen LogP contribution < -0.4 is 0 Å². The van der Waals surface area contributed by atoms with Crippen LogP contribution in [0.1, 0.15) is 0 Å². The van der Waals surface area contributed by atoms with E-state index >= 15 is 0 Å². The van der Waals surface area contributed by atoms with Crippen molar-refractivity contribution in [2.24, 2.45) is 0 Å². The van der Waals surface area contributed by atoms with Gasteiger partial charge in [-0.1, -0.05) is 194 Å². The molecule has 0 spiro atoms. The second kappa shape index (κ2) is 14.7. The number of fused-ring (bicyclic) bond motifs is 7. The molecule has 0 saturated carbocycles. The van der Waals surface area contributed by atoms with Crippen LogP contribution in [0.15, 0.2) is 231 Å². The molecule has 0 N–H and O–H groups in total. The number of para-hydroxylation sites is 2. The molecule has 0 aliphatic carbocycles. The van der Waals surface area contributed by atoms with Crippen molar-refractivity contribution < 1.29 is 0 Å². The molecule has 0 atom stereocenters. The lowest BCUT2D eigenvalue weighted by molar-refractivity contribution is 1.05. The summed E-state index contributed by atoms with van der Waals surface area (Å²) in [6.45, 7) is 0. The molecular weight excluding hydrogens is 753 g/mol. The molecule has 3 aromatic heterocycles. The topological polar surface area (TPSA) is 35.6 Å². The van der Waals surface area contributed by atoms with E-state index in [1.807, 2.05) is 12.1 Å². The van der Waals surface area contributed by atoms with Crippen molar-refractivity contribution >= 4 is 43.6 Å². The fourth-order valence-electron chi connectivity index (χ4n) is 9.20. The third-order valence-corrected chi connectivity index (χ3v) is 12.2. The Hall–Kier alpha value is -8.34. The Labute approximate surface area is 359 Å². The summed E-state index contributed by atoms with van der Waals surface area (Å²) in [7, 11) is 0. The van der Waals surface area contributed by atoms with E-state index in [1.54, 1.807) is 0 Å². The molecule has 4 nitrogen and oxygen atoms in total. The van der Waals surface area contributed by atoms with Crippen LogP contribution in [0.25, 0.3) is 111 Å². The first-order chi connectivity index (χ1) is 30.7. The normalized spacial score (nSPS) is 11.5. The zero-order valence-corrected chi connectivity index (χ0v) is 33.7. The van der Waals surface area contributed by atoms with E-state index in [9.17, 15) is 0 Å². The van der Waals surface area contributed by atoms with Gasteiger partial charge in [0.25, 0.3) is 0 Å². The van der Waals surface area contributed by atoms with Crippen LogP contribution in [0.4, 0.5) is 0 Å². The van der Waals surface area contributed by atoms with Gasteiger partial charge in [0.2, 0.25) is 0 Å². The van der Waals surface area contributed by atoms with E-state index in [2.05, 4.69) is 228 Å². The van der Waals surface area contributed by atoms with E-state index in [0.717, 1.165) is 56.0 Å². The standard InChI is InChI=1S/C58H38N4/c1-4-15-39(16-5-1)41-27-29-44(30-28-41)58-59-52(43-19-8-3-9-20-43)38-55(60-58)62-54-26-13-11-24-49(54)51-36-35-50-48-23-10-12-25-53(48)61(56(50)57(51)62)47-33-31-42(32-34-47)46-22-14-21-45(37-46)40-17-6-2-7-18-40/h1-38H. The molecule has 0 aliphatic rings. The molecule has 290 valence electrons. The van der Waals surface area contributed by atoms with Gasteiger partial charge in [0, 0.05) is 44.4 Å². The molecule has 62 heavy (non-hydrogen) atoms. The molecule has 12 aromatic rings. The lowest BCUT2D eigenvalue weighted by Crippen LogP contribution is -2.04. The van der Waals surface area contributed by atoms with Gasteiger partial charge < -0.3 is 4.57 Å². The summed E-state index contributed by atoms with van der Waals surface area (Å²) in [5, 5.41) is 4.72. The van der Waals surface area contributed by atoms with Gasteiger partial charge in [0.05, 0.1) is 27.8 Å². The SMILES string of the molecule is c1ccc(-c2ccc(-c3nc(-c4ccccc4)cc(-n4c5ccccc5c5ccc6c7ccccc7n(-c7ccc(-c8cccc(-c9ccccc9)c8)cc7)c6c54)n3)cc2)cc1. The van der Waals surface area contributed by atoms with E-state index in [-0.39, 0.29) is 0 Å². The maximum absolute atomic E-state index is 5.45. The first kappa shape index (κ1) is 35.6. The lowest BCUT2D eigenvalue weighted by Gasteiger charge is -2.14. The van der Waals surface area contributed by atoms with Crippen LogP contribution in [0.3, 0.4) is 0 Å². The van der Waals surface area contributed by atoms with E-state index in [0.29, 0.717) is 5.82 Å². The highest BCUT2D eigenvalue weighted by Gasteiger charge is 2.23. The minimum absolute atomic E-state index is 0.673. The zero-order valence-electron chi connectivity index (χ0n) is 33.7. The second-order valence-electron chi connectivity index (χ2n) is 15.8. The predicted molar refractivity (Wildman–Crippen MR) is 258 cm³/mol. The summed E-state index contributed by atoms with van der Waals surface area (Å²) >= 11 is 0. The quantitative estimate of drug-likeness (QED) is 0.161. The molecule has 0 amide bonds. The molecule has 9 aromatic carbocycles. The first-order valence-corrected chi connectivity index (χ1v) is 21.1. The third-order valence-electron chi connectivity index (χ3n) is 12.2. The van der Waals surface area contributed by atoms with Gasteiger partial charge in [-0.15, -0.1) is 0 Å². The van der Waals surface area contributed by atoms with Crippen molar-refractivity contribution in [3.8, 4) is 67.5 Å². The van der Waals surface area contributed by atoms with E-state index in [1.165, 1.54) is 49.4 Å². The van der Waals surface area contributed by atoms with Crippen LogP contribution in [-0.2, 0) is 0 Å². The third kappa shape index (κ3) is 6.00.